The number of hydrogen-bond acceptors (Lipinski definition) is 4. The van der Waals surface area contributed by atoms with Crippen molar-refractivity contribution in [2.75, 3.05) is 31.9 Å². The smallest absolute Gasteiger partial charge is 0.223 e. The Morgan fingerprint density at radius 1 is 1.12 bits per heavy atom. The van der Waals surface area contributed by atoms with Crippen molar-refractivity contribution in [3.8, 4) is 0 Å². The Kier molecular flexibility index (Phi) is 6.40. The van der Waals surface area contributed by atoms with Crippen LogP contribution in [-0.2, 0) is 11.3 Å². The van der Waals surface area contributed by atoms with Crippen molar-refractivity contribution in [1.82, 2.24) is 9.80 Å². The molecule has 0 bridgehead atoms. The van der Waals surface area contributed by atoms with Crippen molar-refractivity contribution in [2.24, 2.45) is 0 Å². The minimum absolute atomic E-state index is 0.261. The lowest BCUT2D eigenvalue weighted by molar-refractivity contribution is -0.132. The molecule has 1 aliphatic rings. The third-order valence-corrected chi connectivity index (χ3v) is 5.63. The largest absolute Gasteiger partial charge is 0.468 e. The number of thioether (sulfide) groups is 1. The highest BCUT2D eigenvalue weighted by Gasteiger charge is 2.21. The normalized spacial score (nSPS) is 15.6. The Balaban J connectivity index is 1.36. The lowest BCUT2D eigenvalue weighted by Crippen LogP contribution is -2.48. The lowest BCUT2D eigenvalue weighted by atomic mass is 10.2. The predicted octanol–water partition coefficient (Wildman–Crippen LogP) is 3.87. The highest BCUT2D eigenvalue weighted by atomic mass is 79.9. The monoisotopic (exact) mass is 408 g/mol. The number of amides is 1. The number of piperazine rings is 1. The number of carbonyl (C=O) groups is 1. The van der Waals surface area contributed by atoms with Crippen molar-refractivity contribution in [2.45, 2.75) is 17.9 Å². The van der Waals surface area contributed by atoms with E-state index in [0.717, 1.165) is 48.7 Å². The average Bonchev–Trinajstić information content (AvgIpc) is 3.10. The van der Waals surface area contributed by atoms with Gasteiger partial charge in [-0.25, -0.2) is 0 Å². The minimum atomic E-state index is 0.261. The van der Waals surface area contributed by atoms with Crippen LogP contribution in [0.1, 0.15) is 12.2 Å². The van der Waals surface area contributed by atoms with Gasteiger partial charge in [0.2, 0.25) is 5.91 Å². The molecule has 1 saturated heterocycles. The first kappa shape index (κ1) is 17.6. The topological polar surface area (TPSA) is 36.7 Å². The molecule has 1 aromatic heterocycles. The van der Waals surface area contributed by atoms with E-state index in [0.29, 0.717) is 6.42 Å². The van der Waals surface area contributed by atoms with Crippen LogP contribution in [0.2, 0.25) is 0 Å². The molecule has 24 heavy (non-hydrogen) atoms. The van der Waals surface area contributed by atoms with Crippen LogP contribution in [0.4, 0.5) is 0 Å². The van der Waals surface area contributed by atoms with Crippen LogP contribution in [0.5, 0.6) is 0 Å². The zero-order chi connectivity index (χ0) is 16.8. The van der Waals surface area contributed by atoms with Crippen LogP contribution < -0.4 is 0 Å². The molecule has 2 heterocycles. The van der Waals surface area contributed by atoms with Gasteiger partial charge in [-0.3, -0.25) is 9.69 Å². The van der Waals surface area contributed by atoms with Crippen LogP contribution in [-0.4, -0.2) is 47.6 Å². The first-order valence-electron chi connectivity index (χ1n) is 8.11. The van der Waals surface area contributed by atoms with Crippen LogP contribution in [0, 0.1) is 0 Å². The van der Waals surface area contributed by atoms with Crippen molar-refractivity contribution < 1.29 is 9.21 Å². The fraction of sp³-hybridized carbons (Fsp3) is 0.389. The molecule has 0 saturated carbocycles. The number of rotatable bonds is 6. The summed E-state index contributed by atoms with van der Waals surface area (Å²) in [7, 11) is 0. The summed E-state index contributed by atoms with van der Waals surface area (Å²) < 4.78 is 6.46. The summed E-state index contributed by atoms with van der Waals surface area (Å²) in [5, 5.41) is 0. The van der Waals surface area contributed by atoms with E-state index in [1.165, 1.54) is 4.90 Å². The Morgan fingerprint density at radius 2 is 1.88 bits per heavy atom. The third-order valence-electron chi connectivity index (χ3n) is 4.08. The maximum Gasteiger partial charge on any atom is 0.223 e. The van der Waals surface area contributed by atoms with Gasteiger partial charge in [-0.05, 0) is 36.4 Å². The molecule has 4 nitrogen and oxygen atoms in total. The van der Waals surface area contributed by atoms with Gasteiger partial charge in [-0.15, -0.1) is 11.8 Å². The maximum atomic E-state index is 12.3. The van der Waals surface area contributed by atoms with Crippen molar-refractivity contribution in [3.63, 3.8) is 0 Å². The summed E-state index contributed by atoms with van der Waals surface area (Å²) in [6.07, 6.45) is 2.30. The molecule has 1 fully saturated rings. The Labute approximate surface area is 155 Å². The second-order valence-corrected chi connectivity index (χ2v) is 7.87. The summed E-state index contributed by atoms with van der Waals surface area (Å²) in [6, 6.07) is 12.1. The lowest BCUT2D eigenvalue weighted by Gasteiger charge is -2.34. The molecular weight excluding hydrogens is 388 g/mol. The van der Waals surface area contributed by atoms with Gasteiger partial charge in [-0.1, -0.05) is 15.9 Å². The van der Waals surface area contributed by atoms with Crippen LogP contribution in [0.3, 0.4) is 0 Å². The van der Waals surface area contributed by atoms with Gasteiger partial charge in [-0.2, -0.15) is 0 Å². The fourth-order valence-corrected chi connectivity index (χ4v) is 3.83. The van der Waals surface area contributed by atoms with E-state index in [1.54, 1.807) is 18.0 Å². The van der Waals surface area contributed by atoms with Gasteiger partial charge in [0.05, 0.1) is 12.8 Å². The number of benzene rings is 1. The molecule has 2 aromatic rings. The van der Waals surface area contributed by atoms with Crippen LogP contribution in [0.25, 0.3) is 0 Å². The molecular formula is C18H21BrN2O2S. The molecule has 0 spiro atoms. The molecule has 1 aromatic carbocycles. The second-order valence-electron chi connectivity index (χ2n) is 5.79. The number of furan rings is 1. The van der Waals surface area contributed by atoms with Gasteiger partial charge >= 0.3 is 0 Å². The molecule has 128 valence electrons. The zero-order valence-corrected chi connectivity index (χ0v) is 15.9. The van der Waals surface area contributed by atoms with Crippen molar-refractivity contribution >= 4 is 33.6 Å². The maximum absolute atomic E-state index is 12.3. The van der Waals surface area contributed by atoms with Crippen molar-refractivity contribution in [1.29, 1.82) is 0 Å². The highest BCUT2D eigenvalue weighted by molar-refractivity contribution is 9.10. The molecule has 0 aliphatic carbocycles. The Hall–Kier alpha value is -1.24. The number of nitrogens with zero attached hydrogens (tertiary/aromatic N) is 2. The number of halogens is 1. The number of carbonyl (C=O) groups excluding carboxylic acids is 1. The van der Waals surface area contributed by atoms with Gasteiger partial charge in [0, 0.05) is 47.7 Å². The molecule has 1 aliphatic heterocycles. The molecule has 6 heteroatoms. The summed E-state index contributed by atoms with van der Waals surface area (Å²) >= 11 is 5.17. The van der Waals surface area contributed by atoms with Gasteiger partial charge < -0.3 is 9.32 Å². The summed E-state index contributed by atoms with van der Waals surface area (Å²) in [5.41, 5.74) is 0. The molecule has 3 rings (SSSR count). The van der Waals surface area contributed by atoms with Crippen LogP contribution >= 0.6 is 27.7 Å². The first-order chi connectivity index (χ1) is 11.7. The summed E-state index contributed by atoms with van der Waals surface area (Å²) in [6.45, 7) is 4.26. The van der Waals surface area contributed by atoms with Gasteiger partial charge in [0.15, 0.2) is 0 Å². The third kappa shape index (κ3) is 5.13. The predicted molar refractivity (Wildman–Crippen MR) is 100 cm³/mol. The standard InChI is InChI=1S/C18H21BrN2O2S/c19-15-3-5-17(6-4-15)24-13-7-18(22)21-10-8-20(9-11-21)14-16-2-1-12-23-16/h1-6,12H,7-11,13-14H2. The molecule has 0 radical (unpaired) electrons. The SMILES string of the molecule is O=C(CCSc1ccc(Br)cc1)N1CCN(Cc2ccco2)CC1. The van der Waals surface area contributed by atoms with E-state index in [-0.39, 0.29) is 5.91 Å². The Bertz CT molecular complexity index is 638. The molecule has 0 unspecified atom stereocenters. The highest BCUT2D eigenvalue weighted by Crippen LogP contribution is 2.21. The van der Waals surface area contributed by atoms with E-state index < -0.39 is 0 Å². The Morgan fingerprint density at radius 3 is 2.54 bits per heavy atom. The van der Waals surface area contributed by atoms with E-state index in [1.807, 2.05) is 29.2 Å². The van der Waals surface area contributed by atoms with Gasteiger partial charge in [0.25, 0.3) is 0 Å². The molecule has 0 N–H and O–H groups in total. The van der Waals surface area contributed by atoms with Crippen molar-refractivity contribution in [3.05, 3.63) is 52.9 Å². The fourth-order valence-electron chi connectivity index (χ4n) is 2.72. The molecule has 0 atom stereocenters. The van der Waals surface area contributed by atoms with E-state index in [9.17, 15) is 4.79 Å². The summed E-state index contributed by atoms with van der Waals surface area (Å²) in [4.78, 5) is 17.9. The van der Waals surface area contributed by atoms with E-state index >= 15 is 0 Å². The first-order valence-corrected chi connectivity index (χ1v) is 9.89. The van der Waals surface area contributed by atoms with E-state index in [4.69, 9.17) is 4.42 Å². The second kappa shape index (κ2) is 8.74. The zero-order valence-electron chi connectivity index (χ0n) is 13.5. The summed E-state index contributed by atoms with van der Waals surface area (Å²) in [5.74, 6) is 2.07. The minimum Gasteiger partial charge on any atom is -0.468 e. The van der Waals surface area contributed by atoms with Gasteiger partial charge in [0.1, 0.15) is 5.76 Å². The quantitative estimate of drug-likeness (QED) is 0.679. The molecule has 1 amide bonds. The number of hydrogen-bond donors (Lipinski definition) is 0. The average molecular weight is 409 g/mol. The van der Waals surface area contributed by atoms with E-state index in [2.05, 4.69) is 33.0 Å². The van der Waals surface area contributed by atoms with Crippen LogP contribution in [0.15, 0.2) is 56.4 Å².